The van der Waals surface area contributed by atoms with Crippen LogP contribution in [0.15, 0.2) is 39.3 Å². The summed E-state index contributed by atoms with van der Waals surface area (Å²) < 4.78 is 25.9. The van der Waals surface area contributed by atoms with Crippen LogP contribution in [0.25, 0.3) is 22.6 Å². The molecule has 0 N–H and O–H groups in total. The van der Waals surface area contributed by atoms with E-state index in [1.165, 1.54) is 12.1 Å². The Morgan fingerprint density at radius 1 is 1.06 bits per heavy atom. The average Bonchev–Trinajstić information content (AvgIpc) is 3.46. The van der Waals surface area contributed by atoms with Crippen molar-refractivity contribution in [1.29, 1.82) is 0 Å². The van der Waals surface area contributed by atoms with Crippen LogP contribution in [0.1, 0.15) is 37.0 Å². The molecule has 1 aliphatic rings. The second-order valence-electron chi connectivity index (χ2n) is 9.10. The van der Waals surface area contributed by atoms with Crippen molar-refractivity contribution < 1.29 is 18.1 Å². The van der Waals surface area contributed by atoms with Crippen molar-refractivity contribution in [3.8, 4) is 11.4 Å². The monoisotopic (exact) mass is 484 g/mol. The van der Waals surface area contributed by atoms with E-state index in [0.717, 1.165) is 0 Å². The van der Waals surface area contributed by atoms with Gasteiger partial charge in [-0.3, -0.25) is 4.79 Å². The van der Waals surface area contributed by atoms with Crippen molar-refractivity contribution in [3.63, 3.8) is 0 Å². The predicted molar refractivity (Wildman–Crippen MR) is 123 cm³/mol. The summed E-state index contributed by atoms with van der Waals surface area (Å²) in [6.07, 6.45) is 0. The lowest BCUT2D eigenvalue weighted by Crippen LogP contribution is -2.49. The highest BCUT2D eigenvalue weighted by Gasteiger charge is 2.27. The van der Waals surface area contributed by atoms with Gasteiger partial charge >= 0.3 is 0 Å². The van der Waals surface area contributed by atoms with Gasteiger partial charge in [-0.2, -0.15) is 9.97 Å². The molecule has 0 aliphatic carbocycles. The Bertz CT molecular complexity index is 1370. The van der Waals surface area contributed by atoms with E-state index in [4.69, 9.17) is 20.5 Å². The van der Waals surface area contributed by atoms with Gasteiger partial charge in [0.25, 0.3) is 11.9 Å². The molecule has 3 aromatic heterocycles. The summed E-state index contributed by atoms with van der Waals surface area (Å²) in [6.45, 7) is 7.71. The van der Waals surface area contributed by atoms with E-state index in [1.54, 1.807) is 23.1 Å². The topological polar surface area (TPSA) is 101 Å². The van der Waals surface area contributed by atoms with Crippen LogP contribution >= 0.6 is 11.6 Å². The third-order valence-electron chi connectivity index (χ3n) is 5.57. The van der Waals surface area contributed by atoms with Gasteiger partial charge in [0.05, 0.1) is 5.56 Å². The molecule has 176 valence electrons. The number of nitrogens with zero attached hydrogens (tertiary/aromatic N) is 6. The normalized spacial score (nSPS) is 14.7. The van der Waals surface area contributed by atoms with Gasteiger partial charge in [-0.1, -0.05) is 37.5 Å². The van der Waals surface area contributed by atoms with Crippen molar-refractivity contribution in [1.82, 2.24) is 25.0 Å². The molecule has 9 nitrogen and oxygen atoms in total. The smallest absolute Gasteiger partial charge is 0.300 e. The summed E-state index contributed by atoms with van der Waals surface area (Å²) in [4.78, 5) is 29.4. The van der Waals surface area contributed by atoms with Crippen LogP contribution in [-0.4, -0.2) is 57.1 Å². The van der Waals surface area contributed by atoms with Gasteiger partial charge in [-0.15, -0.1) is 0 Å². The molecule has 0 atom stereocenters. The minimum Gasteiger partial charge on any atom is -0.422 e. The van der Waals surface area contributed by atoms with E-state index in [-0.39, 0.29) is 28.3 Å². The van der Waals surface area contributed by atoms with Crippen molar-refractivity contribution in [2.45, 2.75) is 26.2 Å². The number of rotatable bonds is 3. The SMILES string of the molecule is CC(C)(C)c1nc(-c2ccc(C(=O)N3CCN(c4nc5nc(Cl)ccc5o4)CC3)cc2F)no1. The van der Waals surface area contributed by atoms with Crippen molar-refractivity contribution in [3.05, 3.63) is 52.8 Å². The zero-order valence-corrected chi connectivity index (χ0v) is 19.6. The maximum Gasteiger partial charge on any atom is 0.300 e. The summed E-state index contributed by atoms with van der Waals surface area (Å²) in [7, 11) is 0. The van der Waals surface area contributed by atoms with Crippen LogP contribution in [0.4, 0.5) is 10.4 Å². The highest BCUT2D eigenvalue weighted by Crippen LogP contribution is 2.27. The van der Waals surface area contributed by atoms with Gasteiger partial charge in [0.1, 0.15) is 11.0 Å². The number of oxazole rings is 1. The molecule has 1 aliphatic heterocycles. The first-order valence-electron chi connectivity index (χ1n) is 10.8. The number of pyridine rings is 1. The first kappa shape index (κ1) is 22.3. The van der Waals surface area contributed by atoms with Crippen LogP contribution in [0.3, 0.4) is 0 Å². The lowest BCUT2D eigenvalue weighted by atomic mass is 9.97. The molecule has 1 aromatic carbocycles. The van der Waals surface area contributed by atoms with Crippen LogP contribution in [0, 0.1) is 5.82 Å². The molecule has 4 aromatic rings. The number of carbonyl (C=O) groups excluding carboxylic acids is 1. The molecule has 0 bridgehead atoms. The minimum absolute atomic E-state index is 0.157. The van der Waals surface area contributed by atoms with Crippen molar-refractivity contribution in [2.24, 2.45) is 0 Å². The third kappa shape index (κ3) is 4.21. The van der Waals surface area contributed by atoms with Crippen LogP contribution in [-0.2, 0) is 5.41 Å². The van der Waals surface area contributed by atoms with Gasteiger partial charge in [0.15, 0.2) is 5.58 Å². The summed E-state index contributed by atoms with van der Waals surface area (Å²) in [5.74, 6) is -0.259. The zero-order chi connectivity index (χ0) is 24.0. The van der Waals surface area contributed by atoms with Gasteiger partial charge in [-0.05, 0) is 30.3 Å². The van der Waals surface area contributed by atoms with Gasteiger partial charge < -0.3 is 18.7 Å². The molecule has 0 radical (unpaired) electrons. The highest BCUT2D eigenvalue weighted by molar-refractivity contribution is 6.29. The van der Waals surface area contributed by atoms with Gasteiger partial charge in [0.2, 0.25) is 17.4 Å². The Balaban J connectivity index is 1.27. The minimum atomic E-state index is -0.580. The first-order chi connectivity index (χ1) is 16.2. The molecule has 5 rings (SSSR count). The number of amides is 1. The lowest BCUT2D eigenvalue weighted by Gasteiger charge is -2.33. The molecule has 0 saturated carbocycles. The maximum absolute atomic E-state index is 14.8. The number of hydrogen-bond donors (Lipinski definition) is 0. The Hall–Kier alpha value is -3.53. The molecule has 0 spiro atoms. The van der Waals surface area contributed by atoms with Gasteiger partial charge in [-0.25, -0.2) is 9.37 Å². The number of aromatic nitrogens is 4. The van der Waals surface area contributed by atoms with E-state index < -0.39 is 5.82 Å². The van der Waals surface area contributed by atoms with E-state index >= 15 is 0 Å². The van der Waals surface area contributed by atoms with Crippen LogP contribution in [0.2, 0.25) is 5.15 Å². The number of hydrogen-bond acceptors (Lipinski definition) is 8. The Morgan fingerprint density at radius 2 is 1.82 bits per heavy atom. The lowest BCUT2D eigenvalue weighted by molar-refractivity contribution is 0.0744. The maximum atomic E-state index is 14.8. The Morgan fingerprint density at radius 3 is 2.50 bits per heavy atom. The molecule has 4 heterocycles. The van der Waals surface area contributed by atoms with Crippen LogP contribution < -0.4 is 4.90 Å². The van der Waals surface area contributed by atoms with E-state index in [9.17, 15) is 9.18 Å². The van der Waals surface area contributed by atoms with Crippen LogP contribution in [0.5, 0.6) is 0 Å². The summed E-state index contributed by atoms with van der Waals surface area (Å²) in [5.41, 5.74) is 1.08. The summed E-state index contributed by atoms with van der Waals surface area (Å²) >= 11 is 5.91. The van der Waals surface area contributed by atoms with E-state index in [1.807, 2.05) is 25.7 Å². The fourth-order valence-corrected chi connectivity index (χ4v) is 3.81. The number of fused-ring (bicyclic) bond motifs is 1. The summed E-state index contributed by atoms with van der Waals surface area (Å²) in [5, 5.41) is 4.22. The fraction of sp³-hybridized carbons (Fsp3) is 0.348. The molecule has 1 amide bonds. The average molecular weight is 485 g/mol. The number of halogens is 2. The Kier molecular flexibility index (Phi) is 5.47. The number of carbonyl (C=O) groups is 1. The molecular weight excluding hydrogens is 463 g/mol. The largest absolute Gasteiger partial charge is 0.422 e. The highest BCUT2D eigenvalue weighted by atomic mass is 35.5. The zero-order valence-electron chi connectivity index (χ0n) is 18.9. The molecular formula is C23H22ClFN6O3. The Labute approximate surface area is 199 Å². The van der Waals surface area contributed by atoms with E-state index in [2.05, 4.69) is 20.1 Å². The molecule has 0 unspecified atom stereocenters. The van der Waals surface area contributed by atoms with Crippen molar-refractivity contribution in [2.75, 3.05) is 31.1 Å². The number of benzene rings is 1. The summed E-state index contributed by atoms with van der Waals surface area (Å²) in [6, 6.07) is 8.10. The quantitative estimate of drug-likeness (QED) is 0.396. The molecule has 34 heavy (non-hydrogen) atoms. The second kappa shape index (κ2) is 8.35. The predicted octanol–water partition coefficient (Wildman–Crippen LogP) is 4.33. The molecule has 1 saturated heterocycles. The molecule has 1 fully saturated rings. The third-order valence-corrected chi connectivity index (χ3v) is 5.78. The number of piperazine rings is 1. The second-order valence-corrected chi connectivity index (χ2v) is 9.49. The standard InChI is InChI=1S/C23H22ClFN6O3/c1-23(2,3)21-27-18(29-34-21)14-5-4-13(12-15(14)25)20(32)30-8-10-31(11-9-30)22-28-19-16(33-22)6-7-17(24)26-19/h4-7,12H,8-11H2,1-3H3. The number of anilines is 1. The van der Waals surface area contributed by atoms with E-state index in [0.29, 0.717) is 54.5 Å². The fourth-order valence-electron chi connectivity index (χ4n) is 3.67. The first-order valence-corrected chi connectivity index (χ1v) is 11.2. The van der Waals surface area contributed by atoms with Crippen molar-refractivity contribution >= 4 is 34.8 Å². The van der Waals surface area contributed by atoms with Gasteiger partial charge in [0, 0.05) is 37.2 Å². The molecule has 11 heteroatoms.